The molecular formula is C19H17NO2. The minimum Gasteiger partial charge on any atom is -0.439 e. The highest BCUT2D eigenvalue weighted by Gasteiger charge is 2.38. The van der Waals surface area contributed by atoms with Crippen LogP contribution in [-0.4, -0.2) is 23.6 Å². The second-order valence-corrected chi connectivity index (χ2v) is 5.25. The molecule has 0 spiro atoms. The summed E-state index contributed by atoms with van der Waals surface area (Å²) in [4.78, 5) is 13.7. The minimum absolute atomic E-state index is 0.0278. The van der Waals surface area contributed by atoms with Crippen LogP contribution in [0.25, 0.3) is 0 Å². The first kappa shape index (κ1) is 14.2. The van der Waals surface area contributed by atoms with E-state index in [0.717, 1.165) is 11.1 Å². The Balaban J connectivity index is 1.70. The monoisotopic (exact) mass is 291 g/mol. The first-order chi connectivity index (χ1) is 10.8. The van der Waals surface area contributed by atoms with Crippen LogP contribution in [0.5, 0.6) is 0 Å². The van der Waals surface area contributed by atoms with Gasteiger partial charge in [-0.05, 0) is 24.6 Å². The van der Waals surface area contributed by atoms with Gasteiger partial charge >= 0.3 is 6.09 Å². The Bertz CT molecular complexity index is 700. The maximum absolute atomic E-state index is 12.0. The van der Waals surface area contributed by atoms with E-state index < -0.39 is 0 Å². The van der Waals surface area contributed by atoms with Crippen LogP contribution in [0, 0.1) is 11.8 Å². The second-order valence-electron chi connectivity index (χ2n) is 5.25. The Morgan fingerprint density at radius 3 is 2.36 bits per heavy atom. The van der Waals surface area contributed by atoms with Gasteiger partial charge < -0.3 is 4.74 Å². The molecule has 1 heterocycles. The van der Waals surface area contributed by atoms with E-state index in [1.165, 1.54) is 0 Å². The Labute approximate surface area is 130 Å². The number of hydrogen-bond acceptors (Lipinski definition) is 2. The predicted molar refractivity (Wildman–Crippen MR) is 85.2 cm³/mol. The highest BCUT2D eigenvalue weighted by Crippen LogP contribution is 2.31. The van der Waals surface area contributed by atoms with E-state index in [2.05, 4.69) is 11.8 Å². The predicted octanol–water partition coefficient (Wildman–Crippen LogP) is 3.62. The molecule has 0 radical (unpaired) electrons. The molecule has 0 unspecified atom stereocenters. The van der Waals surface area contributed by atoms with Crippen molar-refractivity contribution in [3.8, 4) is 11.8 Å². The third-order valence-corrected chi connectivity index (χ3v) is 3.78. The quantitative estimate of drug-likeness (QED) is 0.791. The number of rotatable bonds is 2. The number of carbonyl (C=O) groups excluding carboxylic acids is 1. The molecule has 2 aromatic rings. The van der Waals surface area contributed by atoms with E-state index >= 15 is 0 Å². The minimum atomic E-state index is -0.302. The lowest BCUT2D eigenvalue weighted by molar-refractivity contribution is 0.131. The fourth-order valence-electron chi connectivity index (χ4n) is 2.55. The topological polar surface area (TPSA) is 29.5 Å². The molecule has 1 saturated heterocycles. The van der Waals surface area contributed by atoms with E-state index in [1.54, 1.807) is 4.90 Å². The third kappa shape index (κ3) is 2.96. The molecule has 2 aromatic carbocycles. The maximum Gasteiger partial charge on any atom is 0.411 e. The molecule has 1 amide bonds. The molecule has 1 fully saturated rings. The number of benzene rings is 2. The maximum atomic E-state index is 12.0. The molecule has 110 valence electrons. The lowest BCUT2D eigenvalue weighted by Gasteiger charge is -2.18. The Kier molecular flexibility index (Phi) is 4.11. The first-order valence-electron chi connectivity index (χ1n) is 7.32. The van der Waals surface area contributed by atoms with Crippen molar-refractivity contribution in [1.82, 2.24) is 4.90 Å². The fraction of sp³-hybridized carbons (Fsp3) is 0.211. The van der Waals surface area contributed by atoms with Crippen molar-refractivity contribution in [1.29, 1.82) is 0 Å². The second kappa shape index (κ2) is 6.36. The summed E-state index contributed by atoms with van der Waals surface area (Å²) < 4.78 is 5.49. The van der Waals surface area contributed by atoms with Crippen LogP contribution in [0.1, 0.15) is 24.2 Å². The van der Waals surface area contributed by atoms with Gasteiger partial charge in [0, 0.05) is 5.56 Å². The van der Waals surface area contributed by atoms with Crippen molar-refractivity contribution in [3.05, 3.63) is 71.8 Å². The zero-order valence-electron chi connectivity index (χ0n) is 12.4. The average Bonchev–Trinajstić information content (AvgIpc) is 2.85. The normalized spacial score (nSPS) is 20.2. The summed E-state index contributed by atoms with van der Waals surface area (Å²) in [7, 11) is 0. The van der Waals surface area contributed by atoms with Crippen LogP contribution in [-0.2, 0) is 4.74 Å². The Morgan fingerprint density at radius 2 is 1.68 bits per heavy atom. The van der Waals surface area contributed by atoms with Gasteiger partial charge in [0.05, 0.1) is 12.6 Å². The summed E-state index contributed by atoms with van der Waals surface area (Å²) in [5, 5.41) is 0. The summed E-state index contributed by atoms with van der Waals surface area (Å²) in [6.07, 6.45) is -0.532. The van der Waals surface area contributed by atoms with Crippen molar-refractivity contribution >= 4 is 6.09 Å². The zero-order valence-corrected chi connectivity index (χ0v) is 12.4. The van der Waals surface area contributed by atoms with Gasteiger partial charge in [-0.15, -0.1) is 0 Å². The number of cyclic esters (lactones) is 1. The summed E-state index contributed by atoms with van der Waals surface area (Å²) in [5.74, 6) is 6.12. The van der Waals surface area contributed by atoms with Gasteiger partial charge in [-0.1, -0.05) is 60.4 Å². The SMILES string of the molecule is C[C@H]1[C@@H](c2ccccc2)OC(=O)N1CC#Cc1ccccc1. The number of ether oxygens (including phenoxy) is 1. The molecule has 3 nitrogen and oxygen atoms in total. The molecule has 0 saturated carbocycles. The Hall–Kier alpha value is -2.73. The van der Waals surface area contributed by atoms with E-state index in [0.29, 0.717) is 6.54 Å². The molecule has 22 heavy (non-hydrogen) atoms. The van der Waals surface area contributed by atoms with Crippen molar-refractivity contribution in [3.63, 3.8) is 0 Å². The summed E-state index contributed by atoms with van der Waals surface area (Å²) in [6, 6.07) is 19.5. The number of hydrogen-bond donors (Lipinski definition) is 0. The van der Waals surface area contributed by atoms with Gasteiger partial charge in [0.2, 0.25) is 0 Å². The summed E-state index contributed by atoms with van der Waals surface area (Å²) in [6.45, 7) is 2.37. The Morgan fingerprint density at radius 1 is 1.05 bits per heavy atom. The number of nitrogens with zero attached hydrogens (tertiary/aromatic N) is 1. The standard InChI is InChI=1S/C19H17NO2/c1-15-18(17-12-6-3-7-13-17)22-19(21)20(15)14-8-11-16-9-4-2-5-10-16/h2-7,9-10,12-13,15,18H,14H2,1H3/t15-,18-/m0/s1. The number of amides is 1. The lowest BCUT2D eigenvalue weighted by atomic mass is 10.0. The molecular weight excluding hydrogens is 274 g/mol. The molecule has 0 N–H and O–H groups in total. The average molecular weight is 291 g/mol. The molecule has 0 aliphatic carbocycles. The van der Waals surface area contributed by atoms with Crippen LogP contribution in [0.15, 0.2) is 60.7 Å². The molecule has 2 atom stereocenters. The van der Waals surface area contributed by atoms with E-state index in [1.807, 2.05) is 67.6 Å². The van der Waals surface area contributed by atoms with Crippen LogP contribution < -0.4 is 0 Å². The van der Waals surface area contributed by atoms with E-state index in [-0.39, 0.29) is 18.2 Å². The molecule has 1 aliphatic rings. The third-order valence-electron chi connectivity index (χ3n) is 3.78. The first-order valence-corrected chi connectivity index (χ1v) is 7.32. The van der Waals surface area contributed by atoms with Gasteiger partial charge in [-0.25, -0.2) is 4.79 Å². The van der Waals surface area contributed by atoms with Crippen LogP contribution in [0.4, 0.5) is 4.79 Å². The molecule has 3 heteroatoms. The highest BCUT2D eigenvalue weighted by molar-refractivity contribution is 5.71. The molecule has 1 aliphatic heterocycles. The fourth-order valence-corrected chi connectivity index (χ4v) is 2.55. The summed E-state index contributed by atoms with van der Waals surface area (Å²) in [5.41, 5.74) is 1.96. The molecule has 0 aromatic heterocycles. The summed E-state index contributed by atoms with van der Waals surface area (Å²) >= 11 is 0. The van der Waals surface area contributed by atoms with Crippen molar-refractivity contribution < 1.29 is 9.53 Å². The van der Waals surface area contributed by atoms with Crippen molar-refractivity contribution in [2.75, 3.05) is 6.54 Å². The van der Waals surface area contributed by atoms with Crippen molar-refractivity contribution in [2.45, 2.75) is 19.1 Å². The van der Waals surface area contributed by atoms with Gasteiger partial charge in [0.15, 0.2) is 0 Å². The van der Waals surface area contributed by atoms with Crippen molar-refractivity contribution in [2.24, 2.45) is 0 Å². The van der Waals surface area contributed by atoms with Crippen LogP contribution in [0.3, 0.4) is 0 Å². The van der Waals surface area contributed by atoms with Gasteiger partial charge in [0.25, 0.3) is 0 Å². The van der Waals surface area contributed by atoms with Crippen LogP contribution >= 0.6 is 0 Å². The molecule has 3 rings (SSSR count). The van der Waals surface area contributed by atoms with E-state index in [9.17, 15) is 4.79 Å². The largest absolute Gasteiger partial charge is 0.439 e. The highest BCUT2D eigenvalue weighted by atomic mass is 16.6. The number of carbonyl (C=O) groups is 1. The van der Waals surface area contributed by atoms with Gasteiger partial charge in [-0.2, -0.15) is 0 Å². The zero-order chi connectivity index (χ0) is 15.4. The lowest BCUT2D eigenvalue weighted by Crippen LogP contribution is -2.32. The van der Waals surface area contributed by atoms with Crippen LogP contribution in [0.2, 0.25) is 0 Å². The smallest absolute Gasteiger partial charge is 0.411 e. The van der Waals surface area contributed by atoms with Gasteiger partial charge in [0.1, 0.15) is 6.10 Å². The van der Waals surface area contributed by atoms with E-state index in [4.69, 9.17) is 4.74 Å². The molecule has 0 bridgehead atoms. The van der Waals surface area contributed by atoms with Gasteiger partial charge in [-0.3, -0.25) is 4.90 Å².